The minimum absolute atomic E-state index is 0.0415. The number of rotatable bonds is 37. The second-order valence-electron chi connectivity index (χ2n) is 13.1. The summed E-state index contributed by atoms with van der Waals surface area (Å²) in [5, 5.41) is 0. The molecule has 0 heterocycles. The van der Waals surface area contributed by atoms with Crippen molar-refractivity contribution in [3.63, 3.8) is 0 Å². The number of phosphoric acid groups is 1. The number of nitrogens with two attached hydrogens (primary N) is 1. The molecule has 0 spiro atoms. The van der Waals surface area contributed by atoms with Gasteiger partial charge in [0.1, 0.15) is 6.61 Å². The van der Waals surface area contributed by atoms with Gasteiger partial charge in [0.2, 0.25) is 0 Å². The fraction of sp³-hybridized carbons (Fsp3) is 0.674. The highest BCUT2D eigenvalue weighted by Gasteiger charge is 2.25. The van der Waals surface area contributed by atoms with Crippen molar-refractivity contribution < 1.29 is 37.6 Å². The van der Waals surface area contributed by atoms with E-state index in [2.05, 4.69) is 74.6 Å². The normalized spacial score (nSPS) is 14.1. The zero-order valence-corrected chi connectivity index (χ0v) is 34.1. The number of ether oxygens (including phenoxy) is 2. The van der Waals surface area contributed by atoms with Gasteiger partial charge in [0, 0.05) is 19.4 Å². The minimum atomic E-state index is -4.39. The van der Waals surface area contributed by atoms with Gasteiger partial charge < -0.3 is 20.1 Å². The monoisotopic (exact) mass is 764 g/mol. The van der Waals surface area contributed by atoms with Gasteiger partial charge in [-0.2, -0.15) is 0 Å². The molecular weight excluding hydrogens is 689 g/mol. The highest BCUT2D eigenvalue weighted by Crippen LogP contribution is 2.43. The van der Waals surface area contributed by atoms with Gasteiger partial charge in [-0.05, 0) is 51.4 Å². The van der Waals surface area contributed by atoms with Crippen molar-refractivity contribution in [3.8, 4) is 0 Å². The summed E-state index contributed by atoms with van der Waals surface area (Å²) < 4.78 is 32.6. The average molecular weight is 764 g/mol. The molecule has 0 aliphatic rings. The summed E-state index contributed by atoms with van der Waals surface area (Å²) in [5.41, 5.74) is 5.33. The third kappa shape index (κ3) is 39.0. The number of hydrogen-bond donors (Lipinski definition) is 2. The highest BCUT2D eigenvalue weighted by atomic mass is 31.2. The number of carbonyl (C=O) groups is 2. The first-order chi connectivity index (χ1) is 25.8. The maximum atomic E-state index is 12.5. The van der Waals surface area contributed by atoms with E-state index in [-0.39, 0.29) is 32.6 Å². The quantitative estimate of drug-likeness (QED) is 0.0274. The second kappa shape index (κ2) is 39.2. The summed E-state index contributed by atoms with van der Waals surface area (Å²) in [6.07, 6.45) is 46.6. The van der Waals surface area contributed by atoms with E-state index in [0.717, 1.165) is 57.8 Å². The van der Waals surface area contributed by atoms with Crippen LogP contribution in [0.5, 0.6) is 0 Å². The highest BCUT2D eigenvalue weighted by molar-refractivity contribution is 7.47. The summed E-state index contributed by atoms with van der Waals surface area (Å²) in [6, 6.07) is 0. The predicted octanol–water partition coefficient (Wildman–Crippen LogP) is 11.5. The van der Waals surface area contributed by atoms with Gasteiger partial charge in [-0.3, -0.25) is 18.6 Å². The molecule has 53 heavy (non-hydrogen) atoms. The molecule has 0 fully saturated rings. The molecule has 0 aliphatic heterocycles. The van der Waals surface area contributed by atoms with E-state index in [1.165, 1.54) is 57.8 Å². The lowest BCUT2D eigenvalue weighted by Gasteiger charge is -2.19. The zero-order valence-electron chi connectivity index (χ0n) is 33.2. The largest absolute Gasteiger partial charge is 0.472 e. The second-order valence-corrected chi connectivity index (χ2v) is 14.6. The van der Waals surface area contributed by atoms with Crippen LogP contribution in [0.1, 0.15) is 155 Å². The molecular formula is C43H74NO8P. The third-order valence-corrected chi connectivity index (χ3v) is 9.10. The molecule has 0 aromatic heterocycles. The van der Waals surface area contributed by atoms with Crippen molar-refractivity contribution in [2.24, 2.45) is 5.73 Å². The van der Waals surface area contributed by atoms with Crippen LogP contribution in [-0.2, 0) is 32.7 Å². The van der Waals surface area contributed by atoms with E-state index in [1.807, 2.05) is 12.2 Å². The number of esters is 2. The third-order valence-electron chi connectivity index (χ3n) is 8.12. The molecule has 0 rings (SSSR count). The Morgan fingerprint density at radius 3 is 1.51 bits per heavy atom. The van der Waals surface area contributed by atoms with Crippen LogP contribution >= 0.6 is 7.82 Å². The molecule has 2 atom stereocenters. The summed E-state index contributed by atoms with van der Waals surface area (Å²) in [7, 11) is -4.39. The van der Waals surface area contributed by atoms with Crippen LogP contribution in [0, 0.1) is 0 Å². The lowest BCUT2D eigenvalue weighted by Crippen LogP contribution is -2.29. The Morgan fingerprint density at radius 2 is 1.04 bits per heavy atom. The van der Waals surface area contributed by atoms with Crippen molar-refractivity contribution in [1.29, 1.82) is 0 Å². The molecule has 0 aromatic carbocycles. The predicted molar refractivity (Wildman–Crippen MR) is 219 cm³/mol. The summed E-state index contributed by atoms with van der Waals surface area (Å²) in [6.45, 7) is 3.51. The number of allylic oxidation sites excluding steroid dienone is 12. The Bertz CT molecular complexity index is 1100. The van der Waals surface area contributed by atoms with Crippen molar-refractivity contribution in [2.75, 3.05) is 26.4 Å². The van der Waals surface area contributed by atoms with Crippen molar-refractivity contribution in [1.82, 2.24) is 0 Å². The molecule has 304 valence electrons. The smallest absolute Gasteiger partial charge is 0.462 e. The maximum absolute atomic E-state index is 12.5. The fourth-order valence-electron chi connectivity index (χ4n) is 5.13. The van der Waals surface area contributed by atoms with Crippen LogP contribution in [-0.4, -0.2) is 49.3 Å². The molecule has 1 unspecified atom stereocenters. The van der Waals surface area contributed by atoms with Gasteiger partial charge in [-0.25, -0.2) is 4.57 Å². The fourth-order valence-corrected chi connectivity index (χ4v) is 5.89. The Hall–Kier alpha value is -2.55. The van der Waals surface area contributed by atoms with E-state index in [0.29, 0.717) is 12.8 Å². The zero-order chi connectivity index (χ0) is 38.9. The Kier molecular flexibility index (Phi) is 37.3. The van der Waals surface area contributed by atoms with E-state index in [9.17, 15) is 19.0 Å². The van der Waals surface area contributed by atoms with Crippen LogP contribution in [0.3, 0.4) is 0 Å². The van der Waals surface area contributed by atoms with Crippen LogP contribution in [0.4, 0.5) is 0 Å². The summed E-state index contributed by atoms with van der Waals surface area (Å²) >= 11 is 0. The van der Waals surface area contributed by atoms with Crippen molar-refractivity contribution in [2.45, 2.75) is 161 Å². The van der Waals surface area contributed by atoms with Crippen molar-refractivity contribution in [3.05, 3.63) is 72.9 Å². The molecule has 0 amide bonds. The molecule has 0 aromatic rings. The number of unbranched alkanes of at least 4 members (excludes halogenated alkanes) is 12. The van der Waals surface area contributed by atoms with Gasteiger partial charge in [-0.15, -0.1) is 0 Å². The molecule has 0 saturated heterocycles. The molecule has 0 aliphatic carbocycles. The molecule has 10 heteroatoms. The van der Waals surface area contributed by atoms with Crippen LogP contribution < -0.4 is 5.73 Å². The SMILES string of the molecule is CCC=CCC=CCC=CCC=CCC=CCC=CCCC(=O)OC[C@H](COP(=O)(O)OCCN)OC(=O)CCCCCCCCCCCCCCC. The first-order valence-corrected chi connectivity index (χ1v) is 21.9. The Balaban J connectivity index is 4.32. The topological polar surface area (TPSA) is 134 Å². The Labute approximate surface area is 322 Å². The Morgan fingerprint density at radius 1 is 0.585 bits per heavy atom. The van der Waals surface area contributed by atoms with E-state index >= 15 is 0 Å². The standard InChI is InChI=1S/C43H74NO8P/c1-3-5-7-9-11-13-15-17-18-19-20-21-22-24-25-27-29-31-33-35-42(45)49-39-41(40-51-53(47,48)50-38-37-44)52-43(46)36-34-32-30-28-26-23-16-14-12-10-8-6-4-2/h5,7,11,13,17-18,20-21,24-25,29,31,41H,3-4,6,8-10,12,14-16,19,22-23,26-28,30,32-40,44H2,1-2H3,(H,47,48)/t41-/m1/s1. The lowest BCUT2D eigenvalue weighted by molar-refractivity contribution is -0.161. The first-order valence-electron chi connectivity index (χ1n) is 20.4. The van der Waals surface area contributed by atoms with Gasteiger partial charge >= 0.3 is 19.8 Å². The van der Waals surface area contributed by atoms with E-state index in [4.69, 9.17) is 24.3 Å². The molecule has 0 radical (unpaired) electrons. The lowest BCUT2D eigenvalue weighted by atomic mass is 10.0. The number of carbonyl (C=O) groups excluding carboxylic acids is 2. The molecule has 3 N–H and O–H groups in total. The number of hydrogen-bond acceptors (Lipinski definition) is 8. The van der Waals surface area contributed by atoms with Gasteiger partial charge in [0.05, 0.1) is 13.2 Å². The van der Waals surface area contributed by atoms with Crippen LogP contribution in [0.15, 0.2) is 72.9 Å². The van der Waals surface area contributed by atoms with E-state index < -0.39 is 32.5 Å². The van der Waals surface area contributed by atoms with E-state index in [1.54, 1.807) is 0 Å². The van der Waals surface area contributed by atoms with Gasteiger partial charge in [-0.1, -0.05) is 164 Å². The first kappa shape index (κ1) is 50.5. The molecule has 0 bridgehead atoms. The summed E-state index contributed by atoms with van der Waals surface area (Å²) in [4.78, 5) is 34.7. The molecule has 9 nitrogen and oxygen atoms in total. The van der Waals surface area contributed by atoms with Gasteiger partial charge in [0.15, 0.2) is 6.10 Å². The number of phosphoric ester groups is 1. The maximum Gasteiger partial charge on any atom is 0.472 e. The molecule has 0 saturated carbocycles. The van der Waals surface area contributed by atoms with Gasteiger partial charge in [0.25, 0.3) is 0 Å². The average Bonchev–Trinajstić information content (AvgIpc) is 3.14. The minimum Gasteiger partial charge on any atom is -0.462 e. The van der Waals surface area contributed by atoms with Crippen LogP contribution in [0.2, 0.25) is 0 Å². The van der Waals surface area contributed by atoms with Crippen LogP contribution in [0.25, 0.3) is 0 Å². The summed E-state index contributed by atoms with van der Waals surface area (Å²) in [5.74, 6) is -0.931. The van der Waals surface area contributed by atoms with Crippen molar-refractivity contribution >= 4 is 19.8 Å².